The molecule has 0 amide bonds. The van der Waals surface area contributed by atoms with Crippen LogP contribution in [0.3, 0.4) is 0 Å². The Kier molecular flexibility index (Phi) is 3.91. The van der Waals surface area contributed by atoms with Crippen LogP contribution < -0.4 is 5.32 Å². The Bertz CT molecular complexity index is 591. The van der Waals surface area contributed by atoms with Crippen molar-refractivity contribution < 1.29 is 0 Å². The van der Waals surface area contributed by atoms with E-state index in [-0.39, 0.29) is 0 Å². The minimum absolute atomic E-state index is 0.991. The molecule has 0 aliphatic rings. The molecule has 2 nitrogen and oxygen atoms in total. The highest BCUT2D eigenvalue weighted by atomic mass is 79.9. The summed E-state index contributed by atoms with van der Waals surface area (Å²) in [6.07, 6.45) is 1.12. The van der Waals surface area contributed by atoms with Gasteiger partial charge in [-0.05, 0) is 66.4 Å². The Hall–Kier alpha value is -1.09. The number of pyridine rings is 1. The van der Waals surface area contributed by atoms with Crippen molar-refractivity contribution in [3.8, 4) is 0 Å². The lowest BCUT2D eigenvalue weighted by atomic mass is 10.0. The molecule has 0 aliphatic heterocycles. The molecule has 0 saturated heterocycles. The molecular weight excluding hydrogens is 288 g/mol. The Labute approximate surface area is 117 Å². The number of nitrogens with zero attached hydrogens (tertiary/aromatic N) is 1. The molecule has 0 spiro atoms. The van der Waals surface area contributed by atoms with Crippen molar-refractivity contribution in [2.75, 3.05) is 11.9 Å². The summed E-state index contributed by atoms with van der Waals surface area (Å²) >= 11 is 3.62. The average Bonchev–Trinajstić information content (AvgIpc) is 2.31. The Morgan fingerprint density at radius 1 is 1.22 bits per heavy atom. The van der Waals surface area contributed by atoms with E-state index in [1.807, 2.05) is 0 Å². The summed E-state index contributed by atoms with van der Waals surface area (Å²) in [5.74, 6) is 0. The van der Waals surface area contributed by atoms with Gasteiger partial charge in [0, 0.05) is 27.8 Å². The largest absolute Gasteiger partial charge is 0.384 e. The molecule has 0 bridgehead atoms. The van der Waals surface area contributed by atoms with E-state index < -0.39 is 0 Å². The summed E-state index contributed by atoms with van der Waals surface area (Å²) in [7, 11) is 0. The van der Waals surface area contributed by atoms with Gasteiger partial charge in [-0.15, -0.1) is 0 Å². The monoisotopic (exact) mass is 306 g/mol. The standard InChI is InChI=1S/C15H19BrN2/c1-5-6-17-14-10(3)11(4)18-15-12(14)7-9(2)8-13(15)16/h7-8H,5-6H2,1-4H3,(H,17,18). The van der Waals surface area contributed by atoms with E-state index in [0.29, 0.717) is 0 Å². The zero-order valence-corrected chi connectivity index (χ0v) is 13.0. The van der Waals surface area contributed by atoms with Gasteiger partial charge in [-0.25, -0.2) is 0 Å². The fraction of sp³-hybridized carbons (Fsp3) is 0.400. The summed E-state index contributed by atoms with van der Waals surface area (Å²) in [5, 5.41) is 4.75. The maximum atomic E-state index is 4.70. The predicted octanol–water partition coefficient (Wildman–Crippen LogP) is 4.74. The molecule has 1 heterocycles. The molecule has 0 fully saturated rings. The van der Waals surface area contributed by atoms with E-state index in [2.05, 4.69) is 61.1 Å². The molecule has 2 rings (SSSR count). The normalized spacial score (nSPS) is 10.9. The first-order chi connectivity index (χ1) is 8.54. The van der Waals surface area contributed by atoms with Crippen molar-refractivity contribution in [1.29, 1.82) is 0 Å². The summed E-state index contributed by atoms with van der Waals surface area (Å²) in [6.45, 7) is 9.49. The number of anilines is 1. The molecule has 1 aromatic carbocycles. The van der Waals surface area contributed by atoms with Gasteiger partial charge in [-0.2, -0.15) is 0 Å². The number of hydrogen-bond acceptors (Lipinski definition) is 2. The number of nitrogens with one attached hydrogen (secondary N) is 1. The molecule has 0 radical (unpaired) electrons. The van der Waals surface area contributed by atoms with Crippen LogP contribution in [0.4, 0.5) is 5.69 Å². The molecule has 3 heteroatoms. The van der Waals surface area contributed by atoms with Crippen LogP contribution in [0, 0.1) is 20.8 Å². The number of benzene rings is 1. The van der Waals surface area contributed by atoms with E-state index in [4.69, 9.17) is 4.98 Å². The Balaban J connectivity index is 2.74. The second kappa shape index (κ2) is 5.27. The molecule has 96 valence electrons. The molecule has 18 heavy (non-hydrogen) atoms. The topological polar surface area (TPSA) is 24.9 Å². The average molecular weight is 307 g/mol. The number of rotatable bonds is 3. The first-order valence-corrected chi connectivity index (χ1v) is 7.14. The maximum absolute atomic E-state index is 4.70. The maximum Gasteiger partial charge on any atom is 0.0868 e. The summed E-state index contributed by atoms with van der Waals surface area (Å²) < 4.78 is 1.07. The molecule has 2 aromatic rings. The van der Waals surface area contributed by atoms with Crippen molar-refractivity contribution in [3.63, 3.8) is 0 Å². The quantitative estimate of drug-likeness (QED) is 0.885. The number of aromatic nitrogens is 1. The third-order valence-corrected chi connectivity index (χ3v) is 3.83. The van der Waals surface area contributed by atoms with Gasteiger partial charge in [0.15, 0.2) is 0 Å². The van der Waals surface area contributed by atoms with Gasteiger partial charge in [0.2, 0.25) is 0 Å². The smallest absolute Gasteiger partial charge is 0.0868 e. The van der Waals surface area contributed by atoms with Crippen LogP contribution in [0.15, 0.2) is 16.6 Å². The van der Waals surface area contributed by atoms with Gasteiger partial charge < -0.3 is 5.32 Å². The summed E-state index contributed by atoms with van der Waals surface area (Å²) in [6, 6.07) is 4.32. The van der Waals surface area contributed by atoms with Crippen molar-refractivity contribution in [3.05, 3.63) is 33.4 Å². The van der Waals surface area contributed by atoms with Gasteiger partial charge in [0.1, 0.15) is 0 Å². The van der Waals surface area contributed by atoms with Gasteiger partial charge in [0.25, 0.3) is 0 Å². The highest BCUT2D eigenvalue weighted by Gasteiger charge is 2.11. The van der Waals surface area contributed by atoms with E-state index >= 15 is 0 Å². The lowest BCUT2D eigenvalue weighted by Crippen LogP contribution is -2.05. The molecule has 0 saturated carbocycles. The van der Waals surface area contributed by atoms with Gasteiger partial charge >= 0.3 is 0 Å². The van der Waals surface area contributed by atoms with E-state index in [1.54, 1.807) is 0 Å². The molecule has 0 unspecified atom stereocenters. The van der Waals surface area contributed by atoms with Crippen LogP contribution >= 0.6 is 15.9 Å². The Morgan fingerprint density at radius 2 is 1.94 bits per heavy atom. The number of fused-ring (bicyclic) bond motifs is 1. The van der Waals surface area contributed by atoms with Gasteiger partial charge in [-0.3, -0.25) is 4.98 Å². The van der Waals surface area contributed by atoms with Crippen molar-refractivity contribution in [2.45, 2.75) is 34.1 Å². The van der Waals surface area contributed by atoms with Crippen LogP contribution in [0.2, 0.25) is 0 Å². The first kappa shape index (κ1) is 13.3. The summed E-state index contributed by atoms with van der Waals surface area (Å²) in [4.78, 5) is 4.70. The zero-order chi connectivity index (χ0) is 13.3. The van der Waals surface area contributed by atoms with Crippen LogP contribution in [0.25, 0.3) is 10.9 Å². The second-order valence-electron chi connectivity index (χ2n) is 4.77. The number of halogens is 1. The van der Waals surface area contributed by atoms with E-state index in [0.717, 1.165) is 28.6 Å². The third-order valence-electron chi connectivity index (χ3n) is 3.23. The van der Waals surface area contributed by atoms with Crippen molar-refractivity contribution in [2.24, 2.45) is 0 Å². The lowest BCUT2D eigenvalue weighted by Gasteiger charge is -2.15. The van der Waals surface area contributed by atoms with Crippen molar-refractivity contribution >= 4 is 32.5 Å². The summed E-state index contributed by atoms with van der Waals surface area (Å²) in [5.41, 5.74) is 5.85. The highest BCUT2D eigenvalue weighted by Crippen LogP contribution is 2.33. The molecular formula is C15H19BrN2. The number of aryl methyl sites for hydroxylation is 2. The molecule has 1 aromatic heterocycles. The van der Waals surface area contributed by atoms with E-state index in [1.165, 1.54) is 22.2 Å². The first-order valence-electron chi connectivity index (χ1n) is 6.35. The highest BCUT2D eigenvalue weighted by molar-refractivity contribution is 9.10. The third kappa shape index (κ3) is 2.37. The number of hydrogen-bond donors (Lipinski definition) is 1. The van der Waals surface area contributed by atoms with Crippen LogP contribution in [0.1, 0.15) is 30.2 Å². The minimum atomic E-state index is 0.991. The zero-order valence-electron chi connectivity index (χ0n) is 11.4. The van der Waals surface area contributed by atoms with Crippen LogP contribution in [0.5, 0.6) is 0 Å². The minimum Gasteiger partial charge on any atom is -0.384 e. The fourth-order valence-corrected chi connectivity index (χ4v) is 2.81. The van der Waals surface area contributed by atoms with Crippen LogP contribution in [-0.4, -0.2) is 11.5 Å². The van der Waals surface area contributed by atoms with Crippen molar-refractivity contribution in [1.82, 2.24) is 4.98 Å². The SMILES string of the molecule is CCCNc1c(C)c(C)nc2c(Br)cc(C)cc12. The van der Waals surface area contributed by atoms with E-state index in [9.17, 15) is 0 Å². The molecule has 0 atom stereocenters. The van der Waals surface area contributed by atoms with Crippen LogP contribution in [-0.2, 0) is 0 Å². The second-order valence-corrected chi connectivity index (χ2v) is 5.62. The lowest BCUT2D eigenvalue weighted by molar-refractivity contribution is 0.977. The molecule has 1 N–H and O–H groups in total. The van der Waals surface area contributed by atoms with Gasteiger partial charge in [-0.1, -0.05) is 6.92 Å². The fourth-order valence-electron chi connectivity index (χ4n) is 2.15. The molecule has 0 aliphatic carbocycles. The predicted molar refractivity (Wildman–Crippen MR) is 82.4 cm³/mol. The van der Waals surface area contributed by atoms with Gasteiger partial charge in [0.05, 0.1) is 5.52 Å². The Morgan fingerprint density at radius 3 is 2.61 bits per heavy atom.